The van der Waals surface area contributed by atoms with Gasteiger partial charge in [0.15, 0.2) is 11.5 Å². The molecule has 0 saturated carbocycles. The van der Waals surface area contributed by atoms with Crippen LogP contribution in [0.15, 0.2) is 40.0 Å². The Hall–Kier alpha value is -2.12. The van der Waals surface area contributed by atoms with Crippen LogP contribution >= 0.6 is 27.5 Å². The average Bonchev–Trinajstić information content (AvgIpc) is 2.57. The summed E-state index contributed by atoms with van der Waals surface area (Å²) in [5.41, 5.74) is 3.38. The zero-order chi connectivity index (χ0) is 18.4. The Morgan fingerprint density at radius 2 is 2.20 bits per heavy atom. The third-order valence-corrected chi connectivity index (χ3v) is 3.88. The molecule has 0 aliphatic rings. The zero-order valence-corrected chi connectivity index (χ0v) is 16.3. The summed E-state index contributed by atoms with van der Waals surface area (Å²) in [5, 5.41) is 4.06. The summed E-state index contributed by atoms with van der Waals surface area (Å²) in [6.07, 6.45) is 3.01. The highest BCUT2D eigenvalue weighted by molar-refractivity contribution is 9.10. The number of aromatic nitrogens is 1. The van der Waals surface area contributed by atoms with E-state index in [0.29, 0.717) is 11.5 Å². The van der Waals surface area contributed by atoms with Crippen LogP contribution in [0.1, 0.15) is 29.8 Å². The Morgan fingerprint density at radius 3 is 2.84 bits per heavy atom. The molecule has 0 bridgehead atoms. The van der Waals surface area contributed by atoms with Gasteiger partial charge in [0.1, 0.15) is 5.15 Å². The maximum absolute atomic E-state index is 12.0. The fourth-order valence-electron chi connectivity index (χ4n) is 1.95. The van der Waals surface area contributed by atoms with Gasteiger partial charge < -0.3 is 9.47 Å². The highest BCUT2D eigenvalue weighted by Gasteiger charge is 2.13. The molecule has 0 aliphatic carbocycles. The fourth-order valence-corrected chi connectivity index (χ4v) is 2.70. The standard InChI is InChI=1S/C17H17BrClN3O3/c1-10(2)25-15-13(18)7-11(8-14(15)24-3)9-21-22-17(23)12-5-4-6-20-16(12)19/h4-10H,1-3H3,(H,22,23). The fraction of sp³-hybridized carbons (Fsp3) is 0.235. The summed E-state index contributed by atoms with van der Waals surface area (Å²) < 4.78 is 11.8. The number of benzene rings is 1. The van der Waals surface area contributed by atoms with Gasteiger partial charge in [-0.25, -0.2) is 10.4 Å². The van der Waals surface area contributed by atoms with Crippen molar-refractivity contribution in [1.29, 1.82) is 0 Å². The molecule has 0 radical (unpaired) electrons. The largest absolute Gasteiger partial charge is 0.493 e. The second-order valence-corrected chi connectivity index (χ2v) is 6.45. The quantitative estimate of drug-likeness (QED) is 0.429. The molecule has 1 heterocycles. The molecule has 2 aromatic rings. The molecule has 1 N–H and O–H groups in total. The maximum Gasteiger partial charge on any atom is 0.274 e. The third-order valence-electron chi connectivity index (χ3n) is 2.99. The first-order valence-corrected chi connectivity index (χ1v) is 8.57. The molecule has 132 valence electrons. The number of nitrogens with zero attached hydrogens (tertiary/aromatic N) is 2. The Kier molecular flexibility index (Phi) is 6.78. The van der Waals surface area contributed by atoms with Crippen molar-refractivity contribution in [2.45, 2.75) is 20.0 Å². The molecule has 0 aliphatic heterocycles. The first-order valence-electron chi connectivity index (χ1n) is 7.40. The van der Waals surface area contributed by atoms with Crippen molar-refractivity contribution in [1.82, 2.24) is 10.4 Å². The molecule has 25 heavy (non-hydrogen) atoms. The number of ether oxygens (including phenoxy) is 2. The maximum atomic E-state index is 12.0. The van der Waals surface area contributed by atoms with E-state index in [4.69, 9.17) is 21.1 Å². The molecule has 0 saturated heterocycles. The SMILES string of the molecule is COc1cc(C=NNC(=O)c2cccnc2Cl)cc(Br)c1OC(C)C. The lowest BCUT2D eigenvalue weighted by Crippen LogP contribution is -2.18. The molecule has 0 atom stereocenters. The molecule has 1 amide bonds. The van der Waals surface area contributed by atoms with Gasteiger partial charge in [0.25, 0.3) is 5.91 Å². The van der Waals surface area contributed by atoms with E-state index in [-0.39, 0.29) is 16.8 Å². The van der Waals surface area contributed by atoms with Crippen molar-refractivity contribution in [3.63, 3.8) is 0 Å². The Balaban J connectivity index is 2.14. The van der Waals surface area contributed by atoms with Crippen LogP contribution in [-0.4, -0.2) is 30.3 Å². The number of amides is 1. The number of carbonyl (C=O) groups is 1. The second kappa shape index (κ2) is 8.82. The van der Waals surface area contributed by atoms with Crippen molar-refractivity contribution in [2.24, 2.45) is 5.10 Å². The van der Waals surface area contributed by atoms with E-state index in [0.717, 1.165) is 10.0 Å². The van der Waals surface area contributed by atoms with Gasteiger partial charge in [-0.05, 0) is 59.6 Å². The van der Waals surface area contributed by atoms with Gasteiger partial charge >= 0.3 is 0 Å². The van der Waals surface area contributed by atoms with Crippen molar-refractivity contribution < 1.29 is 14.3 Å². The van der Waals surface area contributed by atoms with Crippen LogP contribution in [0.5, 0.6) is 11.5 Å². The number of hydrogen-bond donors (Lipinski definition) is 1. The van der Waals surface area contributed by atoms with Crippen molar-refractivity contribution in [3.05, 3.63) is 51.2 Å². The second-order valence-electron chi connectivity index (χ2n) is 5.24. The van der Waals surface area contributed by atoms with E-state index in [1.165, 1.54) is 12.4 Å². The van der Waals surface area contributed by atoms with E-state index < -0.39 is 5.91 Å². The summed E-state index contributed by atoms with van der Waals surface area (Å²) >= 11 is 9.33. The molecule has 8 heteroatoms. The van der Waals surface area contributed by atoms with Crippen LogP contribution in [0.2, 0.25) is 5.15 Å². The molecular formula is C17H17BrClN3O3. The van der Waals surface area contributed by atoms with Crippen LogP contribution in [0.25, 0.3) is 0 Å². The minimum Gasteiger partial charge on any atom is -0.493 e. The minimum atomic E-state index is -0.444. The molecule has 0 unspecified atom stereocenters. The van der Waals surface area contributed by atoms with E-state index >= 15 is 0 Å². The van der Waals surface area contributed by atoms with E-state index in [9.17, 15) is 4.79 Å². The van der Waals surface area contributed by atoms with E-state index in [1.54, 1.807) is 25.3 Å². The lowest BCUT2D eigenvalue weighted by atomic mass is 10.2. The highest BCUT2D eigenvalue weighted by Crippen LogP contribution is 2.36. The topological polar surface area (TPSA) is 72.8 Å². The van der Waals surface area contributed by atoms with Gasteiger partial charge in [0, 0.05) is 6.20 Å². The van der Waals surface area contributed by atoms with Crippen LogP contribution < -0.4 is 14.9 Å². The number of nitrogens with one attached hydrogen (secondary N) is 1. The first-order chi connectivity index (χ1) is 11.9. The molecular weight excluding hydrogens is 410 g/mol. The smallest absolute Gasteiger partial charge is 0.274 e. The van der Waals surface area contributed by atoms with Gasteiger partial charge in [-0.2, -0.15) is 5.10 Å². The van der Waals surface area contributed by atoms with Crippen LogP contribution in [0, 0.1) is 0 Å². The zero-order valence-electron chi connectivity index (χ0n) is 13.9. The van der Waals surface area contributed by atoms with Gasteiger partial charge in [-0.15, -0.1) is 0 Å². The lowest BCUT2D eigenvalue weighted by molar-refractivity contribution is 0.0955. The van der Waals surface area contributed by atoms with Gasteiger partial charge in [-0.3, -0.25) is 4.79 Å². The van der Waals surface area contributed by atoms with E-state index in [1.807, 2.05) is 19.9 Å². The van der Waals surface area contributed by atoms with Gasteiger partial charge in [0.05, 0.1) is 29.5 Å². The minimum absolute atomic E-state index is 0.00763. The van der Waals surface area contributed by atoms with Gasteiger partial charge in [-0.1, -0.05) is 11.6 Å². The predicted molar refractivity (Wildman–Crippen MR) is 101 cm³/mol. The number of pyridine rings is 1. The summed E-state index contributed by atoms with van der Waals surface area (Å²) in [4.78, 5) is 15.9. The molecule has 0 spiro atoms. The monoisotopic (exact) mass is 425 g/mol. The number of hydrogen-bond acceptors (Lipinski definition) is 5. The lowest BCUT2D eigenvalue weighted by Gasteiger charge is -2.15. The first kappa shape index (κ1) is 19.2. The molecule has 1 aromatic carbocycles. The predicted octanol–water partition coefficient (Wildman–Crippen LogP) is 4.06. The normalized spacial score (nSPS) is 11.0. The number of methoxy groups -OCH3 is 1. The number of carbonyl (C=O) groups excluding carboxylic acids is 1. The molecule has 0 fully saturated rings. The molecule has 2 rings (SSSR count). The molecule has 1 aromatic heterocycles. The van der Waals surface area contributed by atoms with Crippen LogP contribution in [0.3, 0.4) is 0 Å². The number of halogens is 2. The summed E-state index contributed by atoms with van der Waals surface area (Å²) in [6.45, 7) is 3.86. The van der Waals surface area contributed by atoms with Crippen molar-refractivity contribution in [2.75, 3.05) is 7.11 Å². The average molecular weight is 427 g/mol. The summed E-state index contributed by atoms with van der Waals surface area (Å²) in [6, 6.07) is 6.76. The highest BCUT2D eigenvalue weighted by atomic mass is 79.9. The van der Waals surface area contributed by atoms with Crippen LogP contribution in [0.4, 0.5) is 0 Å². The Labute approximate surface area is 159 Å². The Morgan fingerprint density at radius 1 is 1.44 bits per heavy atom. The van der Waals surface area contributed by atoms with Gasteiger partial charge in [0.2, 0.25) is 0 Å². The summed E-state index contributed by atoms with van der Waals surface area (Å²) in [5.74, 6) is 0.729. The summed E-state index contributed by atoms with van der Waals surface area (Å²) in [7, 11) is 1.56. The number of rotatable bonds is 6. The van der Waals surface area contributed by atoms with Crippen molar-refractivity contribution in [3.8, 4) is 11.5 Å². The third kappa shape index (κ3) is 5.17. The van der Waals surface area contributed by atoms with Crippen molar-refractivity contribution >= 4 is 39.7 Å². The van der Waals surface area contributed by atoms with E-state index in [2.05, 4.69) is 31.4 Å². The Bertz CT molecular complexity index is 797. The molecule has 6 nitrogen and oxygen atoms in total. The number of hydrazone groups is 1. The van der Waals surface area contributed by atoms with Crippen LogP contribution in [-0.2, 0) is 0 Å².